The molecular formula is C20H23N3O8S. The van der Waals surface area contributed by atoms with Crippen LogP contribution in [0, 0.1) is 0 Å². The molecular weight excluding hydrogens is 442 g/mol. The number of benzene rings is 2. The Morgan fingerprint density at radius 1 is 1.03 bits per heavy atom. The molecule has 0 radical (unpaired) electrons. The van der Waals surface area contributed by atoms with E-state index in [2.05, 4.69) is 10.6 Å². The summed E-state index contributed by atoms with van der Waals surface area (Å²) in [6.07, 6.45) is -0.877. The number of ether oxygens (including phenoxy) is 2. The quantitative estimate of drug-likeness (QED) is 0.289. The average molecular weight is 465 g/mol. The molecule has 1 atom stereocenters. The number of alkyl carbamates (subject to hydrolysis) is 1. The largest absolute Gasteiger partial charge is 0.497 e. The molecule has 11 nitrogen and oxygen atoms in total. The molecule has 4 N–H and O–H groups in total. The lowest BCUT2D eigenvalue weighted by Gasteiger charge is -2.17. The Bertz CT molecular complexity index is 1030. The predicted molar refractivity (Wildman–Crippen MR) is 112 cm³/mol. The predicted octanol–water partition coefficient (Wildman–Crippen LogP) is 0.386. The number of hydrogen-bond acceptors (Lipinski definition) is 8. The Kier molecular flexibility index (Phi) is 8.98. The van der Waals surface area contributed by atoms with Crippen LogP contribution in [-0.4, -0.2) is 57.0 Å². The van der Waals surface area contributed by atoms with E-state index in [9.17, 15) is 22.8 Å². The summed E-state index contributed by atoms with van der Waals surface area (Å²) in [5, 5.41) is 13.2. The van der Waals surface area contributed by atoms with Crippen LogP contribution in [0.1, 0.15) is 5.56 Å². The van der Waals surface area contributed by atoms with Gasteiger partial charge < -0.3 is 20.1 Å². The first-order valence-electron chi connectivity index (χ1n) is 9.30. The lowest BCUT2D eigenvalue weighted by molar-refractivity contribution is -0.133. The van der Waals surface area contributed by atoms with Gasteiger partial charge in [-0.1, -0.05) is 30.3 Å². The van der Waals surface area contributed by atoms with Gasteiger partial charge in [0.15, 0.2) is 9.84 Å². The minimum atomic E-state index is -4.01. The Morgan fingerprint density at radius 3 is 2.28 bits per heavy atom. The van der Waals surface area contributed by atoms with Crippen molar-refractivity contribution in [2.24, 2.45) is 0 Å². The van der Waals surface area contributed by atoms with Crippen molar-refractivity contribution in [1.82, 2.24) is 16.1 Å². The summed E-state index contributed by atoms with van der Waals surface area (Å²) in [6, 6.07) is 12.7. The fourth-order valence-electron chi connectivity index (χ4n) is 2.53. The maximum absolute atomic E-state index is 12.6. The van der Waals surface area contributed by atoms with Crippen molar-refractivity contribution in [3.63, 3.8) is 0 Å². The third-order valence-corrected chi connectivity index (χ3v) is 5.94. The lowest BCUT2D eigenvalue weighted by Crippen LogP contribution is -2.52. The van der Waals surface area contributed by atoms with Gasteiger partial charge in [0.25, 0.3) is 5.91 Å². The fraction of sp³-hybridized carbons (Fsp3) is 0.250. The molecule has 0 saturated heterocycles. The van der Waals surface area contributed by atoms with Crippen molar-refractivity contribution in [3.8, 4) is 5.75 Å². The molecule has 0 aliphatic rings. The van der Waals surface area contributed by atoms with Crippen molar-refractivity contribution in [1.29, 1.82) is 0 Å². The van der Waals surface area contributed by atoms with Gasteiger partial charge in [0.2, 0.25) is 5.91 Å². The van der Waals surface area contributed by atoms with Gasteiger partial charge in [0.1, 0.15) is 24.9 Å². The first-order valence-corrected chi connectivity index (χ1v) is 10.9. The lowest BCUT2D eigenvalue weighted by atomic mass is 10.2. The van der Waals surface area contributed by atoms with Crippen molar-refractivity contribution >= 4 is 27.7 Å². The molecule has 0 bridgehead atoms. The van der Waals surface area contributed by atoms with E-state index in [1.54, 1.807) is 24.3 Å². The highest BCUT2D eigenvalue weighted by Crippen LogP contribution is 2.17. The number of hydrogen-bond donors (Lipinski definition) is 4. The first kappa shape index (κ1) is 24.6. The van der Waals surface area contributed by atoms with Gasteiger partial charge in [0, 0.05) is 0 Å². The van der Waals surface area contributed by atoms with Crippen LogP contribution in [0.3, 0.4) is 0 Å². The number of nitrogens with one attached hydrogen (secondary N) is 3. The summed E-state index contributed by atoms with van der Waals surface area (Å²) in [5.41, 5.74) is 2.06. The summed E-state index contributed by atoms with van der Waals surface area (Å²) >= 11 is 0. The molecule has 12 heteroatoms. The van der Waals surface area contributed by atoms with E-state index in [0.29, 0.717) is 5.75 Å². The Balaban J connectivity index is 1.92. The van der Waals surface area contributed by atoms with E-state index in [1.807, 2.05) is 6.07 Å². The molecule has 0 heterocycles. The normalized spacial score (nSPS) is 11.7. The SMILES string of the molecule is COc1ccc(S(=O)(=O)CC(NC(=O)CNC(=O)OCc2ccccc2)C(=O)NO)cc1. The smallest absolute Gasteiger partial charge is 0.407 e. The second-order valence-corrected chi connectivity index (χ2v) is 8.50. The molecule has 2 aromatic carbocycles. The van der Waals surface area contributed by atoms with Crippen LogP contribution in [-0.2, 0) is 30.8 Å². The third-order valence-electron chi connectivity index (χ3n) is 4.17. The molecule has 3 amide bonds. The van der Waals surface area contributed by atoms with Crippen molar-refractivity contribution in [3.05, 3.63) is 60.2 Å². The zero-order valence-corrected chi connectivity index (χ0v) is 17.9. The second kappa shape index (κ2) is 11.7. The zero-order valence-electron chi connectivity index (χ0n) is 17.1. The van der Waals surface area contributed by atoms with E-state index in [-0.39, 0.29) is 11.5 Å². The third kappa shape index (κ3) is 7.56. The zero-order chi connectivity index (χ0) is 23.6. The maximum atomic E-state index is 12.6. The minimum absolute atomic E-state index is 0.00998. The topological polar surface area (TPSA) is 160 Å². The summed E-state index contributed by atoms with van der Waals surface area (Å²) < 4.78 is 35.1. The van der Waals surface area contributed by atoms with Gasteiger partial charge in [-0.05, 0) is 29.8 Å². The van der Waals surface area contributed by atoms with Gasteiger partial charge in [-0.3, -0.25) is 14.8 Å². The van der Waals surface area contributed by atoms with Gasteiger partial charge in [-0.2, -0.15) is 0 Å². The molecule has 0 spiro atoms. The van der Waals surface area contributed by atoms with Crippen molar-refractivity contribution < 1.29 is 37.5 Å². The standard InChI is InChI=1S/C20H23N3O8S/c1-30-15-7-9-16(10-8-15)32(28,29)13-17(19(25)23-27)22-18(24)11-21-20(26)31-12-14-5-3-2-4-6-14/h2-10,17,27H,11-13H2,1H3,(H,21,26)(H,22,24)(H,23,25). The number of carbonyl (C=O) groups is 3. The highest BCUT2D eigenvalue weighted by atomic mass is 32.2. The fourth-order valence-corrected chi connectivity index (χ4v) is 3.95. The van der Waals surface area contributed by atoms with E-state index in [1.165, 1.54) is 36.9 Å². The monoisotopic (exact) mass is 465 g/mol. The van der Waals surface area contributed by atoms with Gasteiger partial charge in [0.05, 0.1) is 17.8 Å². The maximum Gasteiger partial charge on any atom is 0.407 e. The van der Waals surface area contributed by atoms with Crippen LogP contribution >= 0.6 is 0 Å². The van der Waals surface area contributed by atoms with Crippen molar-refractivity contribution in [2.75, 3.05) is 19.4 Å². The Hall–Kier alpha value is -3.64. The van der Waals surface area contributed by atoms with Crippen LogP contribution in [0.25, 0.3) is 0 Å². The Labute approximate surface area is 184 Å². The van der Waals surface area contributed by atoms with Crippen LogP contribution in [0.5, 0.6) is 5.75 Å². The van der Waals surface area contributed by atoms with Gasteiger partial charge >= 0.3 is 6.09 Å². The van der Waals surface area contributed by atoms with Crippen LogP contribution in [0.15, 0.2) is 59.5 Å². The van der Waals surface area contributed by atoms with Crippen LogP contribution in [0.4, 0.5) is 4.79 Å². The molecule has 2 rings (SSSR count). The molecule has 1 unspecified atom stereocenters. The van der Waals surface area contributed by atoms with E-state index in [4.69, 9.17) is 14.7 Å². The van der Waals surface area contributed by atoms with Gasteiger partial charge in [-0.25, -0.2) is 18.7 Å². The van der Waals surface area contributed by atoms with E-state index < -0.39 is 46.1 Å². The molecule has 0 aromatic heterocycles. The molecule has 0 saturated carbocycles. The number of carbonyl (C=O) groups excluding carboxylic acids is 3. The average Bonchev–Trinajstić information content (AvgIpc) is 2.81. The van der Waals surface area contributed by atoms with E-state index in [0.717, 1.165) is 5.56 Å². The summed E-state index contributed by atoms with van der Waals surface area (Å²) in [7, 11) is -2.59. The minimum Gasteiger partial charge on any atom is -0.497 e. The Morgan fingerprint density at radius 2 is 1.69 bits per heavy atom. The number of sulfone groups is 1. The van der Waals surface area contributed by atoms with Crippen LogP contribution in [0.2, 0.25) is 0 Å². The van der Waals surface area contributed by atoms with Crippen molar-refractivity contribution in [2.45, 2.75) is 17.5 Å². The van der Waals surface area contributed by atoms with E-state index >= 15 is 0 Å². The molecule has 0 aliphatic heterocycles. The van der Waals surface area contributed by atoms with Gasteiger partial charge in [-0.15, -0.1) is 0 Å². The molecule has 2 aromatic rings. The molecule has 32 heavy (non-hydrogen) atoms. The molecule has 0 fully saturated rings. The highest BCUT2D eigenvalue weighted by Gasteiger charge is 2.28. The highest BCUT2D eigenvalue weighted by molar-refractivity contribution is 7.91. The molecule has 172 valence electrons. The number of rotatable bonds is 10. The summed E-state index contributed by atoms with van der Waals surface area (Å²) in [6.45, 7) is -0.588. The van der Waals surface area contributed by atoms with Crippen LogP contribution < -0.4 is 20.9 Å². The summed E-state index contributed by atoms with van der Waals surface area (Å²) in [4.78, 5) is 35.6. The number of methoxy groups -OCH3 is 1. The summed E-state index contributed by atoms with van der Waals surface area (Å²) in [5.74, 6) is -2.38. The molecule has 0 aliphatic carbocycles. The first-order chi connectivity index (χ1) is 15.2. The number of amides is 3. The second-order valence-electron chi connectivity index (χ2n) is 6.47. The number of hydroxylamine groups is 1.